The number of halogens is 1. The van der Waals surface area contributed by atoms with Crippen LogP contribution in [0.4, 0.5) is 5.00 Å². The molecule has 29 heavy (non-hydrogen) atoms. The molecule has 0 saturated heterocycles. The number of rotatable bonds is 5. The van der Waals surface area contributed by atoms with Crippen molar-refractivity contribution in [2.24, 2.45) is 5.92 Å². The smallest absolute Gasteiger partial charge is 0.262 e. The monoisotopic (exact) mass is 427 g/mol. The number of amides is 1. The van der Waals surface area contributed by atoms with Gasteiger partial charge in [-0.2, -0.15) is 5.26 Å². The molecule has 1 N–H and O–H groups in total. The van der Waals surface area contributed by atoms with E-state index in [1.54, 1.807) is 22.8 Å². The van der Waals surface area contributed by atoms with Crippen LogP contribution in [-0.4, -0.2) is 27.3 Å². The summed E-state index contributed by atoms with van der Waals surface area (Å²) in [6, 6.07) is 7.34. The number of nitrogens with zero attached hydrogens (tertiary/aromatic N) is 4. The van der Waals surface area contributed by atoms with E-state index >= 15 is 0 Å². The average Bonchev–Trinajstić information content (AvgIpc) is 3.34. The predicted molar refractivity (Wildman–Crippen MR) is 111 cm³/mol. The van der Waals surface area contributed by atoms with E-state index in [-0.39, 0.29) is 12.5 Å². The molecular weight excluding hydrogens is 410 g/mol. The summed E-state index contributed by atoms with van der Waals surface area (Å²) in [7, 11) is 0. The first kappa shape index (κ1) is 19.4. The van der Waals surface area contributed by atoms with Gasteiger partial charge >= 0.3 is 0 Å². The first-order valence-corrected chi connectivity index (χ1v) is 10.4. The van der Waals surface area contributed by atoms with Crippen LogP contribution in [0.1, 0.15) is 29.3 Å². The summed E-state index contributed by atoms with van der Waals surface area (Å²) in [6.07, 6.45) is 5.95. The number of hydrogen-bond acceptors (Lipinski definition) is 6. The van der Waals surface area contributed by atoms with Crippen LogP contribution in [0.3, 0.4) is 0 Å². The molecule has 9 heteroatoms. The van der Waals surface area contributed by atoms with E-state index in [4.69, 9.17) is 16.3 Å². The third-order valence-electron chi connectivity index (χ3n) is 4.85. The molecule has 2 heterocycles. The summed E-state index contributed by atoms with van der Waals surface area (Å²) in [6.45, 7) is 2.01. The Kier molecular flexibility index (Phi) is 5.51. The van der Waals surface area contributed by atoms with Gasteiger partial charge in [-0.05, 0) is 48.9 Å². The number of aromatic nitrogens is 3. The van der Waals surface area contributed by atoms with Crippen molar-refractivity contribution in [3.63, 3.8) is 0 Å². The highest BCUT2D eigenvalue weighted by atomic mass is 35.5. The summed E-state index contributed by atoms with van der Waals surface area (Å²) < 4.78 is 7.37. The Hall–Kier alpha value is -2.89. The number of carbonyl (C=O) groups is 1. The number of hydrogen-bond donors (Lipinski definition) is 1. The lowest BCUT2D eigenvalue weighted by molar-refractivity contribution is -0.118. The standard InChI is InChI=1S/C20H18ClN5O2S/c1-12-2-4-14-15(8-22)20(29-18(14)6-12)25-19(27)9-28-17-5-3-13(21)7-16(17)26-10-23-24-11-26/h3,5,7,10-12H,2,4,6,9H2,1H3,(H,25,27). The molecule has 2 aromatic heterocycles. The minimum Gasteiger partial charge on any atom is -0.482 e. The lowest BCUT2D eigenvalue weighted by Gasteiger charge is -2.17. The zero-order chi connectivity index (χ0) is 20.4. The fraction of sp³-hybridized carbons (Fsp3) is 0.300. The van der Waals surface area contributed by atoms with Gasteiger partial charge in [0.2, 0.25) is 0 Å². The highest BCUT2D eigenvalue weighted by molar-refractivity contribution is 7.16. The number of nitrogens with one attached hydrogen (secondary N) is 1. The summed E-state index contributed by atoms with van der Waals surface area (Å²) in [5.41, 5.74) is 2.30. The molecule has 0 bridgehead atoms. The second-order valence-corrected chi connectivity index (χ2v) is 8.53. The van der Waals surface area contributed by atoms with Gasteiger partial charge in [0.1, 0.15) is 29.5 Å². The van der Waals surface area contributed by atoms with E-state index in [9.17, 15) is 10.1 Å². The van der Waals surface area contributed by atoms with Crippen molar-refractivity contribution in [3.05, 3.63) is 51.9 Å². The number of nitriles is 1. The van der Waals surface area contributed by atoms with Gasteiger partial charge in [0.05, 0.1) is 11.3 Å². The van der Waals surface area contributed by atoms with E-state index in [0.717, 1.165) is 24.8 Å². The zero-order valence-corrected chi connectivity index (χ0v) is 17.3. The van der Waals surface area contributed by atoms with Crippen molar-refractivity contribution in [2.45, 2.75) is 26.2 Å². The van der Waals surface area contributed by atoms with Crippen molar-refractivity contribution in [3.8, 4) is 17.5 Å². The lowest BCUT2D eigenvalue weighted by Crippen LogP contribution is -2.20. The summed E-state index contributed by atoms with van der Waals surface area (Å²) in [5.74, 6) is 0.752. The number of fused-ring (bicyclic) bond motifs is 1. The van der Waals surface area contributed by atoms with Crippen LogP contribution in [0.25, 0.3) is 5.69 Å². The molecule has 1 unspecified atom stereocenters. The average molecular weight is 428 g/mol. The fourth-order valence-corrected chi connectivity index (χ4v) is 4.95. The maximum atomic E-state index is 12.5. The molecule has 1 amide bonds. The van der Waals surface area contributed by atoms with Crippen molar-refractivity contribution in [1.82, 2.24) is 14.8 Å². The number of benzene rings is 1. The summed E-state index contributed by atoms with van der Waals surface area (Å²) in [4.78, 5) is 13.7. The van der Waals surface area contributed by atoms with Gasteiger partial charge in [-0.25, -0.2) is 0 Å². The van der Waals surface area contributed by atoms with Crippen molar-refractivity contribution < 1.29 is 9.53 Å². The normalized spacial score (nSPS) is 15.4. The zero-order valence-electron chi connectivity index (χ0n) is 15.7. The maximum Gasteiger partial charge on any atom is 0.262 e. The third-order valence-corrected chi connectivity index (χ3v) is 6.26. The molecule has 148 valence electrons. The van der Waals surface area contributed by atoms with E-state index < -0.39 is 0 Å². The largest absolute Gasteiger partial charge is 0.482 e. The Morgan fingerprint density at radius 3 is 3.00 bits per heavy atom. The van der Waals surface area contributed by atoms with Crippen molar-refractivity contribution in [2.75, 3.05) is 11.9 Å². The van der Waals surface area contributed by atoms with Gasteiger partial charge in [-0.15, -0.1) is 21.5 Å². The first-order chi connectivity index (χ1) is 14.0. The quantitative estimate of drug-likeness (QED) is 0.664. The second-order valence-electron chi connectivity index (χ2n) is 6.99. The fourth-order valence-electron chi connectivity index (χ4n) is 3.40. The molecule has 0 radical (unpaired) electrons. The number of anilines is 1. The van der Waals surface area contributed by atoms with Crippen LogP contribution >= 0.6 is 22.9 Å². The number of thiophene rings is 1. The van der Waals surface area contributed by atoms with Crippen LogP contribution in [0, 0.1) is 17.2 Å². The Labute approximate surface area is 176 Å². The molecule has 1 aliphatic rings. The van der Waals surface area contributed by atoms with Crippen molar-refractivity contribution >= 4 is 33.8 Å². The van der Waals surface area contributed by atoms with Gasteiger partial charge < -0.3 is 10.1 Å². The Morgan fingerprint density at radius 2 is 2.24 bits per heavy atom. The van der Waals surface area contributed by atoms with E-state index in [1.165, 1.54) is 28.9 Å². The van der Waals surface area contributed by atoms with Gasteiger partial charge in [-0.1, -0.05) is 18.5 Å². The molecule has 7 nitrogen and oxygen atoms in total. The van der Waals surface area contributed by atoms with Gasteiger partial charge in [0.15, 0.2) is 6.61 Å². The van der Waals surface area contributed by atoms with Gasteiger partial charge in [0, 0.05) is 9.90 Å². The van der Waals surface area contributed by atoms with E-state index in [1.807, 2.05) is 0 Å². The van der Waals surface area contributed by atoms with Crippen LogP contribution in [0.5, 0.6) is 5.75 Å². The van der Waals surface area contributed by atoms with Crippen LogP contribution in [0.2, 0.25) is 5.02 Å². The Bertz CT molecular complexity index is 1090. The van der Waals surface area contributed by atoms with Gasteiger partial charge in [-0.3, -0.25) is 9.36 Å². The highest BCUT2D eigenvalue weighted by Crippen LogP contribution is 2.39. The molecule has 0 saturated carbocycles. The molecule has 1 aliphatic carbocycles. The summed E-state index contributed by atoms with van der Waals surface area (Å²) >= 11 is 7.57. The Balaban J connectivity index is 1.48. The molecule has 0 spiro atoms. The maximum absolute atomic E-state index is 12.5. The highest BCUT2D eigenvalue weighted by Gasteiger charge is 2.24. The Morgan fingerprint density at radius 1 is 1.45 bits per heavy atom. The second kappa shape index (κ2) is 8.23. The molecule has 4 rings (SSSR count). The SMILES string of the molecule is CC1CCc2c(sc(NC(=O)COc3ccc(Cl)cc3-n3cnnc3)c2C#N)C1. The van der Waals surface area contributed by atoms with Crippen LogP contribution < -0.4 is 10.1 Å². The topological polar surface area (TPSA) is 92.8 Å². The van der Waals surface area contributed by atoms with Crippen LogP contribution in [-0.2, 0) is 17.6 Å². The first-order valence-electron chi connectivity index (χ1n) is 9.17. The third kappa shape index (κ3) is 4.11. The minimum absolute atomic E-state index is 0.194. The number of ether oxygens (including phenoxy) is 1. The number of carbonyl (C=O) groups excluding carboxylic acids is 1. The summed E-state index contributed by atoms with van der Waals surface area (Å²) in [5, 5.41) is 21.1. The molecule has 1 aromatic carbocycles. The molecule has 1 atom stereocenters. The van der Waals surface area contributed by atoms with E-state index in [2.05, 4.69) is 28.5 Å². The molecule has 3 aromatic rings. The van der Waals surface area contributed by atoms with Crippen molar-refractivity contribution in [1.29, 1.82) is 5.26 Å². The molecule has 0 fully saturated rings. The predicted octanol–water partition coefficient (Wildman–Crippen LogP) is 4.00. The lowest BCUT2D eigenvalue weighted by atomic mass is 9.89. The molecular formula is C20H18ClN5O2S. The minimum atomic E-state index is -0.321. The van der Waals surface area contributed by atoms with Crippen LogP contribution in [0.15, 0.2) is 30.9 Å². The van der Waals surface area contributed by atoms with Gasteiger partial charge in [0.25, 0.3) is 5.91 Å². The van der Waals surface area contributed by atoms with E-state index in [0.29, 0.717) is 32.9 Å². The molecule has 0 aliphatic heterocycles.